The number of halogens is 1. The van der Waals surface area contributed by atoms with E-state index in [1.807, 2.05) is 0 Å². The van der Waals surface area contributed by atoms with Gasteiger partial charge in [-0.05, 0) is 37.0 Å². The molecule has 2 unspecified atom stereocenters. The van der Waals surface area contributed by atoms with E-state index in [-0.39, 0.29) is 0 Å². The van der Waals surface area contributed by atoms with Gasteiger partial charge in [-0.2, -0.15) is 0 Å². The topological polar surface area (TPSA) is 26.0 Å². The number of hydrogen-bond acceptors (Lipinski definition) is 1. The molecule has 0 aromatic rings. The van der Waals surface area contributed by atoms with Crippen LogP contribution in [0.2, 0.25) is 0 Å². The van der Waals surface area contributed by atoms with Crippen molar-refractivity contribution in [2.45, 2.75) is 45.6 Å². The molecule has 2 atom stereocenters. The van der Waals surface area contributed by atoms with Crippen molar-refractivity contribution >= 4 is 11.6 Å². The van der Waals surface area contributed by atoms with Crippen molar-refractivity contribution < 1.29 is 0 Å². The highest BCUT2D eigenvalue weighted by Crippen LogP contribution is 2.43. The molecule has 2 heteroatoms. The van der Waals surface area contributed by atoms with Crippen LogP contribution in [0.5, 0.6) is 0 Å². The summed E-state index contributed by atoms with van der Waals surface area (Å²) >= 11 is 5.85. The van der Waals surface area contributed by atoms with Crippen LogP contribution in [-0.4, -0.2) is 6.04 Å². The summed E-state index contributed by atoms with van der Waals surface area (Å²) in [4.78, 5) is 0. The SMILES string of the molecule is C=C(Cl)CC1CC(N)CCC1(C)C. The van der Waals surface area contributed by atoms with Crippen molar-refractivity contribution in [1.82, 2.24) is 0 Å². The number of allylic oxidation sites excluding steroid dienone is 1. The van der Waals surface area contributed by atoms with Gasteiger partial charge in [0.15, 0.2) is 0 Å². The van der Waals surface area contributed by atoms with Crippen molar-refractivity contribution in [2.24, 2.45) is 17.1 Å². The predicted octanol–water partition coefficient (Wildman–Crippen LogP) is 3.28. The monoisotopic (exact) mass is 201 g/mol. The van der Waals surface area contributed by atoms with Crippen LogP contribution < -0.4 is 5.73 Å². The molecule has 0 heterocycles. The van der Waals surface area contributed by atoms with Gasteiger partial charge < -0.3 is 5.73 Å². The van der Waals surface area contributed by atoms with E-state index >= 15 is 0 Å². The van der Waals surface area contributed by atoms with Crippen LogP contribution in [0.1, 0.15) is 39.5 Å². The van der Waals surface area contributed by atoms with Crippen LogP contribution in [0.15, 0.2) is 11.6 Å². The van der Waals surface area contributed by atoms with Gasteiger partial charge in [0.25, 0.3) is 0 Å². The lowest BCUT2D eigenvalue weighted by Gasteiger charge is -2.41. The highest BCUT2D eigenvalue weighted by atomic mass is 35.5. The van der Waals surface area contributed by atoms with Gasteiger partial charge in [0, 0.05) is 11.1 Å². The van der Waals surface area contributed by atoms with Gasteiger partial charge >= 0.3 is 0 Å². The molecule has 0 aliphatic heterocycles. The van der Waals surface area contributed by atoms with Crippen LogP contribution in [0.25, 0.3) is 0 Å². The van der Waals surface area contributed by atoms with E-state index < -0.39 is 0 Å². The number of nitrogens with two attached hydrogens (primary N) is 1. The third-order valence-electron chi connectivity index (χ3n) is 3.32. The standard InChI is InChI=1S/C11H20ClN/c1-8(12)6-9-7-10(13)4-5-11(9,2)3/h9-10H,1,4-7,13H2,2-3H3. The molecule has 1 aliphatic carbocycles. The smallest absolute Gasteiger partial charge is 0.0112 e. The first-order chi connectivity index (χ1) is 5.92. The van der Waals surface area contributed by atoms with Gasteiger partial charge in [-0.1, -0.05) is 32.0 Å². The van der Waals surface area contributed by atoms with Crippen molar-refractivity contribution in [3.05, 3.63) is 11.6 Å². The average Bonchev–Trinajstić information content (AvgIpc) is 1.97. The first-order valence-corrected chi connectivity index (χ1v) is 5.38. The Morgan fingerprint density at radius 3 is 2.77 bits per heavy atom. The van der Waals surface area contributed by atoms with Gasteiger partial charge in [-0.15, -0.1) is 0 Å². The summed E-state index contributed by atoms with van der Waals surface area (Å²) in [5.41, 5.74) is 6.33. The summed E-state index contributed by atoms with van der Waals surface area (Å²) in [6, 6.07) is 0.369. The maximum Gasteiger partial charge on any atom is 0.0112 e. The zero-order valence-electron chi connectivity index (χ0n) is 8.65. The minimum atomic E-state index is 0.369. The molecule has 0 bridgehead atoms. The second kappa shape index (κ2) is 4.02. The lowest BCUT2D eigenvalue weighted by Crippen LogP contribution is -2.38. The Balaban J connectivity index is 2.61. The minimum absolute atomic E-state index is 0.369. The average molecular weight is 202 g/mol. The third kappa shape index (κ3) is 2.99. The van der Waals surface area contributed by atoms with E-state index in [0.29, 0.717) is 17.4 Å². The maximum atomic E-state index is 5.95. The molecule has 0 aromatic heterocycles. The second-order valence-corrected chi connectivity index (χ2v) is 5.48. The Labute approximate surface area is 86.3 Å². The summed E-state index contributed by atoms with van der Waals surface area (Å²) in [7, 11) is 0. The highest BCUT2D eigenvalue weighted by Gasteiger charge is 2.34. The first-order valence-electron chi connectivity index (χ1n) is 5.00. The Hall–Kier alpha value is -0.0100. The molecule has 0 radical (unpaired) electrons. The molecule has 0 spiro atoms. The van der Waals surface area contributed by atoms with Gasteiger partial charge in [-0.3, -0.25) is 0 Å². The fourth-order valence-corrected chi connectivity index (χ4v) is 2.38. The summed E-state index contributed by atoms with van der Waals surface area (Å²) in [6.07, 6.45) is 4.38. The van der Waals surface area contributed by atoms with Crippen LogP contribution in [0.3, 0.4) is 0 Å². The van der Waals surface area contributed by atoms with Crippen molar-refractivity contribution in [1.29, 1.82) is 0 Å². The molecule has 0 saturated heterocycles. The first kappa shape index (κ1) is 11.1. The normalized spacial score (nSPS) is 32.9. The number of rotatable bonds is 2. The molecule has 76 valence electrons. The van der Waals surface area contributed by atoms with Crippen molar-refractivity contribution in [3.8, 4) is 0 Å². The zero-order valence-corrected chi connectivity index (χ0v) is 9.40. The highest BCUT2D eigenvalue weighted by molar-refractivity contribution is 6.29. The van der Waals surface area contributed by atoms with Crippen LogP contribution >= 0.6 is 11.6 Å². The molecular weight excluding hydrogens is 182 g/mol. The summed E-state index contributed by atoms with van der Waals surface area (Å²) < 4.78 is 0. The van der Waals surface area contributed by atoms with E-state index in [4.69, 9.17) is 17.3 Å². The van der Waals surface area contributed by atoms with E-state index in [1.165, 1.54) is 6.42 Å². The Kier molecular flexibility index (Phi) is 3.42. The molecule has 1 rings (SSSR count). The van der Waals surface area contributed by atoms with Gasteiger partial charge in [-0.25, -0.2) is 0 Å². The second-order valence-electron chi connectivity index (χ2n) is 4.94. The Morgan fingerprint density at radius 2 is 2.23 bits per heavy atom. The van der Waals surface area contributed by atoms with Gasteiger partial charge in [0.1, 0.15) is 0 Å². The predicted molar refractivity (Wildman–Crippen MR) is 58.7 cm³/mol. The molecule has 0 aromatic carbocycles. The molecule has 0 amide bonds. The largest absolute Gasteiger partial charge is 0.328 e. The summed E-state index contributed by atoms with van der Waals surface area (Å²) in [6.45, 7) is 8.38. The molecule has 13 heavy (non-hydrogen) atoms. The molecular formula is C11H20ClN. The van der Waals surface area contributed by atoms with Crippen molar-refractivity contribution in [3.63, 3.8) is 0 Å². The quantitative estimate of drug-likeness (QED) is 0.729. The molecule has 1 nitrogen and oxygen atoms in total. The Bertz CT molecular complexity index is 198. The van der Waals surface area contributed by atoms with Gasteiger partial charge in [0.2, 0.25) is 0 Å². The van der Waals surface area contributed by atoms with E-state index in [0.717, 1.165) is 24.3 Å². The molecule has 1 fully saturated rings. The fourth-order valence-electron chi connectivity index (χ4n) is 2.19. The molecule has 2 N–H and O–H groups in total. The van der Waals surface area contributed by atoms with Crippen LogP contribution in [0.4, 0.5) is 0 Å². The fraction of sp³-hybridized carbons (Fsp3) is 0.818. The van der Waals surface area contributed by atoms with E-state index in [2.05, 4.69) is 20.4 Å². The van der Waals surface area contributed by atoms with E-state index in [1.54, 1.807) is 0 Å². The minimum Gasteiger partial charge on any atom is -0.328 e. The molecule has 1 aliphatic rings. The zero-order chi connectivity index (χ0) is 10.1. The maximum absolute atomic E-state index is 5.95. The summed E-state index contributed by atoms with van der Waals surface area (Å²) in [5.74, 6) is 0.612. The lowest BCUT2D eigenvalue weighted by atomic mass is 9.66. The Morgan fingerprint density at radius 1 is 1.62 bits per heavy atom. The summed E-state index contributed by atoms with van der Waals surface area (Å²) in [5, 5.41) is 0.771. The lowest BCUT2D eigenvalue weighted by molar-refractivity contribution is 0.125. The van der Waals surface area contributed by atoms with Crippen molar-refractivity contribution in [2.75, 3.05) is 0 Å². The van der Waals surface area contributed by atoms with E-state index in [9.17, 15) is 0 Å². The third-order valence-corrected chi connectivity index (χ3v) is 3.47. The van der Waals surface area contributed by atoms with Crippen LogP contribution in [0, 0.1) is 11.3 Å². The van der Waals surface area contributed by atoms with Gasteiger partial charge in [0.05, 0.1) is 0 Å². The van der Waals surface area contributed by atoms with Crippen LogP contribution in [-0.2, 0) is 0 Å². The number of hydrogen-bond donors (Lipinski definition) is 1. The molecule has 1 saturated carbocycles.